The molecule has 0 bridgehead atoms. The van der Waals surface area contributed by atoms with Gasteiger partial charge >= 0.3 is 11.9 Å². The van der Waals surface area contributed by atoms with Crippen LogP contribution < -0.4 is 5.73 Å². The first-order chi connectivity index (χ1) is 9.50. The number of benzene rings is 2. The summed E-state index contributed by atoms with van der Waals surface area (Å²) < 4.78 is 0. The summed E-state index contributed by atoms with van der Waals surface area (Å²) in [7, 11) is 0. The largest absolute Gasteiger partial charge is 0.481 e. The van der Waals surface area contributed by atoms with E-state index in [9.17, 15) is 9.59 Å². The van der Waals surface area contributed by atoms with E-state index in [-0.39, 0.29) is 6.42 Å². The lowest BCUT2D eigenvalue weighted by Gasteiger charge is -2.21. The summed E-state index contributed by atoms with van der Waals surface area (Å²) in [5, 5.41) is 19.8. The zero-order valence-corrected chi connectivity index (χ0v) is 10.7. The lowest BCUT2D eigenvalue weighted by atomic mass is 9.86. The van der Waals surface area contributed by atoms with E-state index in [1.807, 2.05) is 30.3 Å². The number of hydrogen-bond donors (Lipinski definition) is 3. The fourth-order valence-corrected chi connectivity index (χ4v) is 2.36. The normalized spacial score (nSPS) is 13.8. The molecular weight excluding hydrogens is 258 g/mol. The third-order valence-electron chi connectivity index (χ3n) is 3.34. The van der Waals surface area contributed by atoms with Crippen LogP contribution in [0.15, 0.2) is 42.5 Å². The predicted octanol–water partition coefficient (Wildman–Crippen LogP) is 1.81. The van der Waals surface area contributed by atoms with Crippen LogP contribution in [-0.4, -0.2) is 28.2 Å². The monoisotopic (exact) mass is 273 g/mol. The van der Waals surface area contributed by atoms with Crippen molar-refractivity contribution in [3.05, 3.63) is 48.0 Å². The second-order valence-corrected chi connectivity index (χ2v) is 4.64. The number of aliphatic carboxylic acids is 2. The molecule has 2 rings (SSSR count). The van der Waals surface area contributed by atoms with Crippen molar-refractivity contribution >= 4 is 22.7 Å². The van der Waals surface area contributed by atoms with Gasteiger partial charge in [0.05, 0.1) is 6.42 Å². The highest BCUT2D eigenvalue weighted by Crippen LogP contribution is 2.30. The standard InChI is InChI=1S/C15H15NO4/c16-14(15(19)20)12(8-13(17)18)11-7-3-5-9-4-1-2-6-10(9)11/h1-7,12,14H,8,16H2,(H,17,18)(H,19,20)/t12-,14+/m1/s1. The molecule has 0 fully saturated rings. The Kier molecular flexibility index (Phi) is 4.00. The van der Waals surface area contributed by atoms with E-state index in [4.69, 9.17) is 15.9 Å². The predicted molar refractivity (Wildman–Crippen MR) is 74.6 cm³/mol. The summed E-state index contributed by atoms with van der Waals surface area (Å²) in [4.78, 5) is 22.1. The molecule has 20 heavy (non-hydrogen) atoms. The lowest BCUT2D eigenvalue weighted by Crippen LogP contribution is -2.37. The molecular formula is C15H15NO4. The van der Waals surface area contributed by atoms with Crippen LogP contribution in [-0.2, 0) is 9.59 Å². The molecule has 0 amide bonds. The Balaban J connectivity index is 2.56. The molecule has 0 aromatic heterocycles. The van der Waals surface area contributed by atoms with Crippen LogP contribution >= 0.6 is 0 Å². The Morgan fingerprint density at radius 1 is 1.05 bits per heavy atom. The first-order valence-corrected chi connectivity index (χ1v) is 6.18. The molecule has 0 saturated carbocycles. The van der Waals surface area contributed by atoms with Crippen molar-refractivity contribution in [1.82, 2.24) is 0 Å². The minimum absolute atomic E-state index is 0.318. The Morgan fingerprint density at radius 2 is 1.70 bits per heavy atom. The molecule has 0 unspecified atom stereocenters. The first kappa shape index (κ1) is 14.0. The van der Waals surface area contributed by atoms with Gasteiger partial charge in [-0.3, -0.25) is 9.59 Å². The van der Waals surface area contributed by atoms with Gasteiger partial charge in [-0.1, -0.05) is 42.5 Å². The quantitative estimate of drug-likeness (QED) is 0.771. The molecule has 0 aliphatic heterocycles. The number of nitrogens with two attached hydrogens (primary N) is 1. The zero-order chi connectivity index (χ0) is 14.7. The SMILES string of the molecule is N[C@H](C(=O)O)[C@H](CC(=O)O)c1cccc2ccccc12. The third-order valence-corrected chi connectivity index (χ3v) is 3.34. The lowest BCUT2D eigenvalue weighted by molar-refractivity contribution is -0.140. The summed E-state index contributed by atoms with van der Waals surface area (Å²) in [6.45, 7) is 0. The van der Waals surface area contributed by atoms with E-state index in [2.05, 4.69) is 0 Å². The molecule has 0 radical (unpaired) electrons. The van der Waals surface area contributed by atoms with Crippen molar-refractivity contribution in [3.8, 4) is 0 Å². The first-order valence-electron chi connectivity index (χ1n) is 6.18. The maximum Gasteiger partial charge on any atom is 0.321 e. The van der Waals surface area contributed by atoms with Crippen molar-refractivity contribution in [2.75, 3.05) is 0 Å². The molecule has 0 saturated heterocycles. The molecule has 2 aromatic carbocycles. The molecule has 2 atom stereocenters. The van der Waals surface area contributed by atoms with Crippen LogP contribution in [0, 0.1) is 0 Å². The van der Waals surface area contributed by atoms with Gasteiger partial charge in [0.1, 0.15) is 6.04 Å². The summed E-state index contributed by atoms with van der Waals surface area (Å²) in [6.07, 6.45) is -0.318. The topological polar surface area (TPSA) is 101 Å². The van der Waals surface area contributed by atoms with Gasteiger partial charge in [-0.05, 0) is 16.3 Å². The van der Waals surface area contributed by atoms with Crippen LogP contribution in [0.1, 0.15) is 17.9 Å². The Bertz CT molecular complexity index is 648. The maximum absolute atomic E-state index is 11.1. The molecule has 5 nitrogen and oxygen atoms in total. The fourth-order valence-electron chi connectivity index (χ4n) is 2.36. The van der Waals surface area contributed by atoms with Gasteiger partial charge in [0.2, 0.25) is 0 Å². The number of carbonyl (C=O) groups is 2. The molecule has 0 aliphatic rings. The van der Waals surface area contributed by atoms with Crippen molar-refractivity contribution < 1.29 is 19.8 Å². The van der Waals surface area contributed by atoms with Gasteiger partial charge in [-0.25, -0.2) is 0 Å². The molecule has 0 aliphatic carbocycles. The van der Waals surface area contributed by atoms with Crippen molar-refractivity contribution in [3.63, 3.8) is 0 Å². The second kappa shape index (κ2) is 5.71. The van der Waals surface area contributed by atoms with Gasteiger partial charge < -0.3 is 15.9 Å². The van der Waals surface area contributed by atoms with E-state index in [0.29, 0.717) is 5.56 Å². The number of carboxylic acid groups (broad SMARTS) is 2. The molecule has 104 valence electrons. The van der Waals surface area contributed by atoms with Gasteiger partial charge in [0, 0.05) is 5.92 Å². The molecule has 2 aromatic rings. The van der Waals surface area contributed by atoms with Crippen LogP contribution in [0.4, 0.5) is 0 Å². The Hall–Kier alpha value is -2.40. The Labute approximate surface area is 115 Å². The van der Waals surface area contributed by atoms with Crippen LogP contribution in [0.3, 0.4) is 0 Å². The van der Waals surface area contributed by atoms with E-state index in [0.717, 1.165) is 10.8 Å². The highest BCUT2D eigenvalue weighted by atomic mass is 16.4. The van der Waals surface area contributed by atoms with E-state index in [1.54, 1.807) is 12.1 Å². The highest BCUT2D eigenvalue weighted by Gasteiger charge is 2.29. The van der Waals surface area contributed by atoms with Crippen molar-refractivity contribution in [2.24, 2.45) is 5.73 Å². The zero-order valence-electron chi connectivity index (χ0n) is 10.7. The van der Waals surface area contributed by atoms with E-state index in [1.165, 1.54) is 0 Å². The average molecular weight is 273 g/mol. The van der Waals surface area contributed by atoms with Crippen LogP contribution in [0.5, 0.6) is 0 Å². The third kappa shape index (κ3) is 2.78. The summed E-state index contributed by atoms with van der Waals surface area (Å²) in [5.41, 5.74) is 6.32. The smallest absolute Gasteiger partial charge is 0.321 e. The molecule has 5 heteroatoms. The molecule has 0 heterocycles. The van der Waals surface area contributed by atoms with Crippen molar-refractivity contribution in [2.45, 2.75) is 18.4 Å². The van der Waals surface area contributed by atoms with Gasteiger partial charge in [0.15, 0.2) is 0 Å². The number of rotatable bonds is 5. The summed E-state index contributed by atoms with van der Waals surface area (Å²) in [6, 6.07) is 11.6. The second-order valence-electron chi connectivity index (χ2n) is 4.64. The number of fused-ring (bicyclic) bond motifs is 1. The maximum atomic E-state index is 11.1. The minimum Gasteiger partial charge on any atom is -0.481 e. The van der Waals surface area contributed by atoms with Gasteiger partial charge in [-0.2, -0.15) is 0 Å². The molecule has 0 spiro atoms. The minimum atomic E-state index is -1.25. The van der Waals surface area contributed by atoms with Gasteiger partial charge in [0.25, 0.3) is 0 Å². The van der Waals surface area contributed by atoms with Crippen LogP contribution in [0.25, 0.3) is 10.8 Å². The fraction of sp³-hybridized carbons (Fsp3) is 0.200. The molecule has 4 N–H and O–H groups in total. The average Bonchev–Trinajstić information content (AvgIpc) is 2.43. The number of hydrogen-bond acceptors (Lipinski definition) is 3. The Morgan fingerprint density at radius 3 is 2.35 bits per heavy atom. The highest BCUT2D eigenvalue weighted by molar-refractivity contribution is 5.88. The number of carboxylic acids is 2. The summed E-state index contributed by atoms with van der Waals surface area (Å²) in [5.74, 6) is -3.04. The van der Waals surface area contributed by atoms with Crippen LogP contribution in [0.2, 0.25) is 0 Å². The summed E-state index contributed by atoms with van der Waals surface area (Å²) >= 11 is 0. The van der Waals surface area contributed by atoms with Gasteiger partial charge in [-0.15, -0.1) is 0 Å². The van der Waals surface area contributed by atoms with E-state index < -0.39 is 23.9 Å². The van der Waals surface area contributed by atoms with Crippen molar-refractivity contribution in [1.29, 1.82) is 0 Å². The van der Waals surface area contributed by atoms with E-state index >= 15 is 0 Å².